The molecule has 0 fully saturated rings. The van der Waals surface area contributed by atoms with Gasteiger partial charge in [0.15, 0.2) is 11.1 Å². The standard InChI is InChI=1S/C6H8N2O4S2/c7-5-2-1-4(14(8,11)12)3-6(5)13(9)10/h1-3H,7H2,(H,9,10)(H2,8,11,12). The van der Waals surface area contributed by atoms with E-state index in [0.29, 0.717) is 0 Å². The summed E-state index contributed by atoms with van der Waals surface area (Å²) in [4.78, 5) is -0.416. The molecular formula is C6H8N2O4S2. The third-order valence-corrected chi connectivity index (χ3v) is 3.14. The number of hydrogen-bond donors (Lipinski definition) is 3. The highest BCUT2D eigenvalue weighted by atomic mass is 32.2. The second-order valence-corrected chi connectivity index (χ2v) is 4.99. The van der Waals surface area contributed by atoms with Crippen LogP contribution >= 0.6 is 0 Å². The second kappa shape index (κ2) is 3.65. The third-order valence-electron chi connectivity index (χ3n) is 1.50. The normalized spacial score (nSPS) is 13.9. The van der Waals surface area contributed by atoms with Gasteiger partial charge in [0.05, 0.1) is 15.5 Å². The molecule has 0 heterocycles. The molecule has 0 bridgehead atoms. The third kappa shape index (κ3) is 2.29. The van der Waals surface area contributed by atoms with Crippen molar-refractivity contribution in [2.24, 2.45) is 5.14 Å². The van der Waals surface area contributed by atoms with Gasteiger partial charge in [-0.1, -0.05) is 0 Å². The van der Waals surface area contributed by atoms with Crippen molar-refractivity contribution in [1.29, 1.82) is 0 Å². The van der Waals surface area contributed by atoms with Crippen molar-refractivity contribution in [2.75, 3.05) is 5.73 Å². The predicted octanol–water partition coefficient (Wildman–Crippen LogP) is -0.503. The van der Waals surface area contributed by atoms with E-state index in [2.05, 4.69) is 0 Å². The van der Waals surface area contributed by atoms with E-state index in [4.69, 9.17) is 15.4 Å². The van der Waals surface area contributed by atoms with Crippen LogP contribution in [0.25, 0.3) is 0 Å². The van der Waals surface area contributed by atoms with Gasteiger partial charge < -0.3 is 10.3 Å². The quantitative estimate of drug-likeness (QED) is 0.471. The fourth-order valence-corrected chi connectivity index (χ4v) is 1.95. The van der Waals surface area contributed by atoms with E-state index in [1.807, 2.05) is 0 Å². The van der Waals surface area contributed by atoms with Crippen molar-refractivity contribution in [3.05, 3.63) is 18.2 Å². The van der Waals surface area contributed by atoms with Crippen molar-refractivity contribution in [3.8, 4) is 0 Å². The predicted molar refractivity (Wildman–Crippen MR) is 51.3 cm³/mol. The average Bonchev–Trinajstić information content (AvgIpc) is 2.02. The first-order valence-corrected chi connectivity index (χ1v) is 6.01. The first-order valence-electron chi connectivity index (χ1n) is 3.35. The zero-order chi connectivity index (χ0) is 10.9. The van der Waals surface area contributed by atoms with E-state index in [9.17, 15) is 12.6 Å². The van der Waals surface area contributed by atoms with Crippen LogP contribution in [0, 0.1) is 0 Å². The zero-order valence-electron chi connectivity index (χ0n) is 6.88. The molecule has 0 spiro atoms. The Morgan fingerprint density at radius 1 is 1.36 bits per heavy atom. The summed E-state index contributed by atoms with van der Waals surface area (Å²) in [6, 6.07) is 3.35. The average molecular weight is 236 g/mol. The fourth-order valence-electron chi connectivity index (χ4n) is 0.843. The Morgan fingerprint density at radius 2 is 1.93 bits per heavy atom. The first-order chi connectivity index (χ1) is 6.32. The Kier molecular flexibility index (Phi) is 2.90. The van der Waals surface area contributed by atoms with Gasteiger partial charge in [-0.05, 0) is 18.2 Å². The van der Waals surface area contributed by atoms with Crippen LogP contribution in [0.4, 0.5) is 5.69 Å². The Hall–Kier alpha value is -0.960. The number of hydrogen-bond acceptors (Lipinski definition) is 4. The minimum Gasteiger partial charge on any atom is -0.398 e. The molecule has 8 heteroatoms. The van der Waals surface area contributed by atoms with Crippen LogP contribution in [-0.2, 0) is 21.1 Å². The van der Waals surface area contributed by atoms with E-state index in [1.165, 1.54) is 12.1 Å². The molecule has 0 saturated heterocycles. The zero-order valence-corrected chi connectivity index (χ0v) is 8.51. The van der Waals surface area contributed by atoms with Crippen LogP contribution in [-0.4, -0.2) is 17.2 Å². The Labute approximate surface area is 83.2 Å². The topological polar surface area (TPSA) is 123 Å². The lowest BCUT2D eigenvalue weighted by molar-refractivity contribution is 0.564. The molecule has 0 aliphatic carbocycles. The molecule has 5 N–H and O–H groups in total. The summed E-state index contributed by atoms with van der Waals surface area (Å²) in [5.41, 5.74) is 5.38. The van der Waals surface area contributed by atoms with Crippen molar-refractivity contribution < 1.29 is 17.2 Å². The van der Waals surface area contributed by atoms with Crippen LogP contribution in [0.15, 0.2) is 28.0 Å². The number of benzene rings is 1. The molecule has 6 nitrogen and oxygen atoms in total. The minimum absolute atomic E-state index is 0.0400. The molecule has 0 saturated carbocycles. The number of primary sulfonamides is 1. The van der Waals surface area contributed by atoms with Crippen LogP contribution in [0.2, 0.25) is 0 Å². The lowest BCUT2D eigenvalue weighted by Gasteiger charge is -2.03. The number of nitrogens with two attached hydrogens (primary N) is 2. The number of anilines is 1. The Morgan fingerprint density at radius 3 is 2.36 bits per heavy atom. The molecule has 1 aromatic rings. The van der Waals surface area contributed by atoms with E-state index in [1.54, 1.807) is 0 Å². The molecule has 1 unspecified atom stereocenters. The first kappa shape index (κ1) is 11.1. The van der Waals surface area contributed by atoms with Gasteiger partial charge in [-0.2, -0.15) is 0 Å². The van der Waals surface area contributed by atoms with Crippen molar-refractivity contribution in [1.82, 2.24) is 0 Å². The largest absolute Gasteiger partial charge is 0.398 e. The van der Waals surface area contributed by atoms with Crippen molar-refractivity contribution in [3.63, 3.8) is 0 Å². The highest BCUT2D eigenvalue weighted by Gasteiger charge is 2.12. The highest BCUT2D eigenvalue weighted by Crippen LogP contribution is 2.19. The molecule has 0 amide bonds. The van der Waals surface area contributed by atoms with Gasteiger partial charge in [0, 0.05) is 0 Å². The second-order valence-electron chi connectivity index (χ2n) is 2.49. The number of nitrogen functional groups attached to an aromatic ring is 1. The van der Waals surface area contributed by atoms with E-state index < -0.39 is 21.1 Å². The minimum atomic E-state index is -3.88. The van der Waals surface area contributed by atoms with Crippen LogP contribution in [0.1, 0.15) is 0 Å². The maximum atomic E-state index is 10.9. The van der Waals surface area contributed by atoms with Gasteiger partial charge in [-0.25, -0.2) is 17.8 Å². The summed E-state index contributed by atoms with van der Waals surface area (Å²) in [6.07, 6.45) is 0. The molecule has 0 radical (unpaired) electrons. The van der Waals surface area contributed by atoms with Gasteiger partial charge in [-0.3, -0.25) is 0 Å². The number of rotatable bonds is 2. The molecule has 0 aliphatic rings. The SMILES string of the molecule is Nc1ccc(S(N)(=O)=O)cc1S(=O)O. The summed E-state index contributed by atoms with van der Waals surface area (Å²) in [5, 5.41) is 4.83. The number of sulfonamides is 1. The monoisotopic (exact) mass is 236 g/mol. The summed E-state index contributed by atoms with van der Waals surface area (Å²) in [7, 11) is -3.88. The maximum Gasteiger partial charge on any atom is 0.238 e. The van der Waals surface area contributed by atoms with Crippen LogP contribution in [0.3, 0.4) is 0 Å². The van der Waals surface area contributed by atoms with Gasteiger partial charge in [0.1, 0.15) is 0 Å². The fraction of sp³-hybridized carbons (Fsp3) is 0. The molecule has 14 heavy (non-hydrogen) atoms. The van der Waals surface area contributed by atoms with Gasteiger partial charge in [0.2, 0.25) is 10.0 Å². The van der Waals surface area contributed by atoms with Gasteiger partial charge in [0.25, 0.3) is 0 Å². The van der Waals surface area contributed by atoms with Gasteiger partial charge in [-0.15, -0.1) is 0 Å². The summed E-state index contributed by atoms with van der Waals surface area (Å²) < 4.78 is 41.2. The van der Waals surface area contributed by atoms with Crippen molar-refractivity contribution >= 4 is 26.8 Å². The smallest absolute Gasteiger partial charge is 0.238 e. The van der Waals surface area contributed by atoms with Crippen LogP contribution < -0.4 is 10.9 Å². The Balaban J connectivity index is 3.42. The molecule has 78 valence electrons. The summed E-state index contributed by atoms with van der Waals surface area (Å²) >= 11 is -2.33. The van der Waals surface area contributed by atoms with E-state index in [-0.39, 0.29) is 15.5 Å². The summed E-state index contributed by atoms with van der Waals surface area (Å²) in [6.45, 7) is 0. The molecule has 0 aliphatic heterocycles. The van der Waals surface area contributed by atoms with E-state index in [0.717, 1.165) is 6.07 Å². The molecular weight excluding hydrogens is 228 g/mol. The maximum absolute atomic E-state index is 10.9. The van der Waals surface area contributed by atoms with Crippen molar-refractivity contribution in [2.45, 2.75) is 9.79 Å². The molecule has 1 rings (SSSR count). The van der Waals surface area contributed by atoms with E-state index >= 15 is 0 Å². The molecule has 1 aromatic carbocycles. The lowest BCUT2D eigenvalue weighted by atomic mass is 10.3. The molecule has 0 aromatic heterocycles. The highest BCUT2D eigenvalue weighted by molar-refractivity contribution is 7.89. The molecule has 1 atom stereocenters. The van der Waals surface area contributed by atoms with Crippen LogP contribution in [0.5, 0.6) is 0 Å². The van der Waals surface area contributed by atoms with Gasteiger partial charge >= 0.3 is 0 Å². The summed E-state index contributed by atoms with van der Waals surface area (Å²) in [5.74, 6) is 0. The lowest BCUT2D eigenvalue weighted by Crippen LogP contribution is -2.13. The Bertz CT molecular complexity index is 483.